The standard InChI is InChI=1S/C11H13N3O/c1-14-9(10(15)13-11(14)12)7-8-5-3-2-4-6-8/h2-6,9H,7H2,1H3,(H2,12,13,15). The van der Waals surface area contributed by atoms with Crippen molar-refractivity contribution in [2.24, 2.45) is 0 Å². The van der Waals surface area contributed by atoms with Crippen LogP contribution in [0.5, 0.6) is 0 Å². The number of carbonyl (C=O) groups is 1. The third-order valence-electron chi connectivity index (χ3n) is 2.64. The summed E-state index contributed by atoms with van der Waals surface area (Å²) in [5.41, 5.74) is 1.11. The lowest BCUT2D eigenvalue weighted by atomic mass is 10.1. The van der Waals surface area contributed by atoms with Gasteiger partial charge >= 0.3 is 0 Å². The lowest BCUT2D eigenvalue weighted by Gasteiger charge is -2.17. The average Bonchev–Trinajstić information content (AvgIpc) is 2.47. The van der Waals surface area contributed by atoms with E-state index in [9.17, 15) is 4.79 Å². The van der Waals surface area contributed by atoms with Gasteiger partial charge in [-0.15, -0.1) is 0 Å². The Bertz CT molecular complexity index is 388. The molecule has 1 unspecified atom stereocenters. The predicted octanol–water partition coefficient (Wildman–Crippen LogP) is 0.594. The maximum absolute atomic E-state index is 11.5. The number of nitrogens with one attached hydrogen (secondary N) is 2. The Morgan fingerprint density at radius 1 is 1.40 bits per heavy atom. The zero-order valence-corrected chi connectivity index (χ0v) is 8.53. The van der Waals surface area contributed by atoms with Crippen LogP contribution in [0.4, 0.5) is 0 Å². The molecule has 0 radical (unpaired) electrons. The van der Waals surface area contributed by atoms with Gasteiger partial charge in [0.05, 0.1) is 0 Å². The van der Waals surface area contributed by atoms with Gasteiger partial charge in [0.1, 0.15) is 6.04 Å². The molecule has 2 N–H and O–H groups in total. The molecule has 78 valence electrons. The highest BCUT2D eigenvalue weighted by atomic mass is 16.2. The number of amides is 1. The van der Waals surface area contributed by atoms with Crippen LogP contribution in [0.25, 0.3) is 0 Å². The molecule has 0 spiro atoms. The maximum atomic E-state index is 11.5. The molecule has 0 aliphatic carbocycles. The average molecular weight is 203 g/mol. The van der Waals surface area contributed by atoms with Gasteiger partial charge in [-0.05, 0) is 5.56 Å². The van der Waals surface area contributed by atoms with Crippen molar-refractivity contribution in [1.29, 1.82) is 5.41 Å². The molecule has 1 atom stereocenters. The number of hydrogen-bond donors (Lipinski definition) is 2. The molecule has 15 heavy (non-hydrogen) atoms. The van der Waals surface area contributed by atoms with E-state index >= 15 is 0 Å². The summed E-state index contributed by atoms with van der Waals surface area (Å²) in [4.78, 5) is 13.2. The maximum Gasteiger partial charge on any atom is 0.249 e. The number of benzene rings is 1. The van der Waals surface area contributed by atoms with Gasteiger partial charge in [0.2, 0.25) is 5.91 Å². The SMILES string of the molecule is CN1C(=N)NC(=O)C1Cc1ccccc1. The minimum Gasteiger partial charge on any atom is -0.334 e. The van der Waals surface area contributed by atoms with Gasteiger partial charge in [-0.3, -0.25) is 15.5 Å². The van der Waals surface area contributed by atoms with Crippen molar-refractivity contribution < 1.29 is 4.79 Å². The van der Waals surface area contributed by atoms with E-state index in [4.69, 9.17) is 5.41 Å². The summed E-state index contributed by atoms with van der Waals surface area (Å²) in [6.07, 6.45) is 0.644. The molecule has 1 aliphatic heterocycles. The summed E-state index contributed by atoms with van der Waals surface area (Å²) in [7, 11) is 1.76. The van der Waals surface area contributed by atoms with Gasteiger partial charge in [-0.1, -0.05) is 30.3 Å². The Kier molecular flexibility index (Phi) is 2.41. The second-order valence-electron chi connectivity index (χ2n) is 3.65. The highest BCUT2D eigenvalue weighted by Crippen LogP contribution is 2.11. The normalized spacial score (nSPS) is 20.6. The minimum atomic E-state index is -0.250. The second kappa shape index (κ2) is 3.73. The third-order valence-corrected chi connectivity index (χ3v) is 2.64. The lowest BCUT2D eigenvalue weighted by Crippen LogP contribution is -2.33. The molecule has 1 aromatic rings. The largest absolute Gasteiger partial charge is 0.334 e. The third kappa shape index (κ3) is 1.83. The predicted molar refractivity (Wildman–Crippen MR) is 57.6 cm³/mol. The molecule has 1 amide bonds. The van der Waals surface area contributed by atoms with E-state index < -0.39 is 0 Å². The van der Waals surface area contributed by atoms with E-state index in [1.165, 1.54) is 0 Å². The first-order valence-corrected chi connectivity index (χ1v) is 4.84. The van der Waals surface area contributed by atoms with Gasteiger partial charge in [0.15, 0.2) is 5.96 Å². The zero-order chi connectivity index (χ0) is 10.8. The van der Waals surface area contributed by atoms with E-state index in [-0.39, 0.29) is 17.9 Å². The number of nitrogens with zero attached hydrogens (tertiary/aromatic N) is 1. The summed E-state index contributed by atoms with van der Waals surface area (Å²) in [5, 5.41) is 9.98. The smallest absolute Gasteiger partial charge is 0.249 e. The fourth-order valence-electron chi connectivity index (χ4n) is 1.69. The molecule has 1 saturated heterocycles. The molecule has 0 saturated carbocycles. The van der Waals surface area contributed by atoms with Gasteiger partial charge in [-0.25, -0.2) is 0 Å². The van der Waals surface area contributed by atoms with Gasteiger partial charge in [-0.2, -0.15) is 0 Å². The zero-order valence-electron chi connectivity index (χ0n) is 8.53. The molecular weight excluding hydrogens is 190 g/mol. The van der Waals surface area contributed by atoms with Crippen molar-refractivity contribution in [2.45, 2.75) is 12.5 Å². The van der Waals surface area contributed by atoms with Crippen LogP contribution in [-0.4, -0.2) is 29.9 Å². The molecule has 4 nitrogen and oxygen atoms in total. The molecular formula is C11H13N3O. The minimum absolute atomic E-state index is 0.0913. The van der Waals surface area contributed by atoms with Crippen LogP contribution in [0.15, 0.2) is 30.3 Å². The monoisotopic (exact) mass is 203 g/mol. The Balaban J connectivity index is 2.13. The summed E-state index contributed by atoms with van der Waals surface area (Å²) >= 11 is 0. The van der Waals surface area contributed by atoms with Crippen molar-refractivity contribution >= 4 is 11.9 Å². The first-order chi connectivity index (χ1) is 7.18. The first kappa shape index (κ1) is 9.71. The Morgan fingerprint density at radius 2 is 2.07 bits per heavy atom. The van der Waals surface area contributed by atoms with Crippen LogP contribution in [-0.2, 0) is 11.2 Å². The van der Waals surface area contributed by atoms with Crippen molar-refractivity contribution in [1.82, 2.24) is 10.2 Å². The van der Waals surface area contributed by atoms with Gasteiger partial charge < -0.3 is 4.90 Å². The topological polar surface area (TPSA) is 56.2 Å². The summed E-state index contributed by atoms with van der Waals surface area (Å²) in [6, 6.07) is 9.58. The number of rotatable bonds is 2. The number of guanidine groups is 1. The number of likely N-dealkylation sites (N-methyl/N-ethyl adjacent to an activating group) is 1. The second-order valence-corrected chi connectivity index (χ2v) is 3.65. The quantitative estimate of drug-likeness (QED) is 0.739. The molecule has 1 aliphatic rings. The summed E-state index contributed by atoms with van der Waals surface area (Å²) < 4.78 is 0. The highest BCUT2D eigenvalue weighted by Gasteiger charge is 2.32. The molecule has 4 heteroatoms. The van der Waals surface area contributed by atoms with Crippen LogP contribution in [0.3, 0.4) is 0 Å². The lowest BCUT2D eigenvalue weighted by molar-refractivity contribution is -0.121. The van der Waals surface area contributed by atoms with E-state index in [0.717, 1.165) is 5.56 Å². The van der Waals surface area contributed by atoms with Crippen molar-refractivity contribution in [3.05, 3.63) is 35.9 Å². The van der Waals surface area contributed by atoms with Gasteiger partial charge in [0.25, 0.3) is 0 Å². The van der Waals surface area contributed by atoms with E-state index in [2.05, 4.69) is 5.32 Å². The Hall–Kier alpha value is -1.84. The fraction of sp³-hybridized carbons (Fsp3) is 0.273. The van der Waals surface area contributed by atoms with Crippen LogP contribution >= 0.6 is 0 Å². The van der Waals surface area contributed by atoms with Crippen LogP contribution < -0.4 is 5.32 Å². The van der Waals surface area contributed by atoms with E-state index in [1.54, 1.807) is 11.9 Å². The molecule has 1 heterocycles. The van der Waals surface area contributed by atoms with Crippen molar-refractivity contribution in [3.63, 3.8) is 0 Å². The first-order valence-electron chi connectivity index (χ1n) is 4.84. The Morgan fingerprint density at radius 3 is 2.60 bits per heavy atom. The van der Waals surface area contributed by atoms with Gasteiger partial charge in [0, 0.05) is 13.5 Å². The van der Waals surface area contributed by atoms with Crippen LogP contribution in [0.1, 0.15) is 5.56 Å². The fourth-order valence-corrected chi connectivity index (χ4v) is 1.69. The molecule has 2 rings (SSSR count). The summed E-state index contributed by atoms with van der Waals surface area (Å²) in [5.74, 6) is 0.0901. The number of carbonyl (C=O) groups excluding carboxylic acids is 1. The summed E-state index contributed by atoms with van der Waals surface area (Å²) in [6.45, 7) is 0. The molecule has 1 aromatic carbocycles. The highest BCUT2D eigenvalue weighted by molar-refractivity contribution is 6.05. The van der Waals surface area contributed by atoms with Crippen molar-refractivity contribution in [3.8, 4) is 0 Å². The molecule has 0 bridgehead atoms. The van der Waals surface area contributed by atoms with Crippen molar-refractivity contribution in [2.75, 3.05) is 7.05 Å². The van der Waals surface area contributed by atoms with Crippen LogP contribution in [0, 0.1) is 5.41 Å². The van der Waals surface area contributed by atoms with E-state index in [1.807, 2.05) is 30.3 Å². The van der Waals surface area contributed by atoms with Crippen LogP contribution in [0.2, 0.25) is 0 Å². The van der Waals surface area contributed by atoms with E-state index in [0.29, 0.717) is 6.42 Å². The molecule has 1 fully saturated rings. The number of hydrogen-bond acceptors (Lipinski definition) is 2. The Labute approximate surface area is 88.4 Å². The molecule has 0 aromatic heterocycles.